The number of hydrogen-bond acceptors (Lipinski definition) is 3. The molecule has 1 aromatic rings. The lowest BCUT2D eigenvalue weighted by atomic mass is 10.2. The SMILES string of the molecule is CN=C(NCCCc1nnc2n1CCCCC2)NC1CC1.I. The number of guanidine groups is 1. The fourth-order valence-electron chi connectivity index (χ4n) is 2.80. The Labute approximate surface area is 149 Å². The molecule has 1 aliphatic carbocycles. The Morgan fingerprint density at radius 3 is 2.91 bits per heavy atom. The van der Waals surface area contributed by atoms with Crippen molar-refractivity contribution in [3.63, 3.8) is 0 Å². The molecular weight excluding hydrogens is 391 g/mol. The predicted octanol–water partition coefficient (Wildman–Crippen LogP) is 1.88. The van der Waals surface area contributed by atoms with Crippen LogP contribution in [0.2, 0.25) is 0 Å². The van der Waals surface area contributed by atoms with Gasteiger partial charge in [-0.1, -0.05) is 6.42 Å². The fraction of sp³-hybridized carbons (Fsp3) is 0.800. The summed E-state index contributed by atoms with van der Waals surface area (Å²) in [5, 5.41) is 15.5. The number of aryl methyl sites for hydroxylation is 2. The van der Waals surface area contributed by atoms with Crippen LogP contribution in [0.3, 0.4) is 0 Å². The predicted molar refractivity (Wildman–Crippen MR) is 98.8 cm³/mol. The van der Waals surface area contributed by atoms with Crippen molar-refractivity contribution in [3.05, 3.63) is 11.6 Å². The Kier molecular flexibility index (Phi) is 6.91. The number of rotatable bonds is 5. The van der Waals surface area contributed by atoms with Crippen LogP contribution in [0.15, 0.2) is 4.99 Å². The maximum atomic E-state index is 4.37. The number of nitrogens with zero attached hydrogens (tertiary/aromatic N) is 4. The third-order valence-corrected chi connectivity index (χ3v) is 4.20. The molecule has 2 heterocycles. The van der Waals surface area contributed by atoms with E-state index >= 15 is 0 Å². The van der Waals surface area contributed by atoms with Gasteiger partial charge in [-0.25, -0.2) is 0 Å². The summed E-state index contributed by atoms with van der Waals surface area (Å²) in [6.45, 7) is 2.02. The van der Waals surface area contributed by atoms with Crippen molar-refractivity contribution in [2.75, 3.05) is 13.6 Å². The summed E-state index contributed by atoms with van der Waals surface area (Å²) in [4.78, 5) is 4.25. The molecule has 3 rings (SSSR count). The molecule has 0 unspecified atom stereocenters. The molecule has 1 aliphatic heterocycles. The van der Waals surface area contributed by atoms with Gasteiger partial charge in [0.15, 0.2) is 5.96 Å². The van der Waals surface area contributed by atoms with Gasteiger partial charge in [0.05, 0.1) is 0 Å². The minimum atomic E-state index is 0. The van der Waals surface area contributed by atoms with E-state index in [1.807, 2.05) is 7.05 Å². The largest absolute Gasteiger partial charge is 0.356 e. The third-order valence-electron chi connectivity index (χ3n) is 4.20. The minimum absolute atomic E-state index is 0. The average molecular weight is 418 g/mol. The molecule has 0 radical (unpaired) electrons. The Bertz CT molecular complexity index is 494. The molecule has 2 aliphatic rings. The summed E-state index contributed by atoms with van der Waals surface area (Å²) in [6.07, 6.45) is 9.50. The van der Waals surface area contributed by atoms with Gasteiger partial charge < -0.3 is 15.2 Å². The van der Waals surface area contributed by atoms with Crippen LogP contribution in [0.5, 0.6) is 0 Å². The molecule has 0 amide bonds. The highest BCUT2D eigenvalue weighted by atomic mass is 127. The number of fused-ring (bicyclic) bond motifs is 1. The molecule has 6 nitrogen and oxygen atoms in total. The van der Waals surface area contributed by atoms with E-state index in [0.717, 1.165) is 44.1 Å². The molecule has 1 aromatic heterocycles. The monoisotopic (exact) mass is 418 g/mol. The van der Waals surface area contributed by atoms with E-state index in [4.69, 9.17) is 0 Å². The summed E-state index contributed by atoms with van der Waals surface area (Å²) < 4.78 is 2.34. The molecular formula is C15H27IN6. The lowest BCUT2D eigenvalue weighted by Crippen LogP contribution is -2.39. The molecule has 0 aromatic carbocycles. The fourth-order valence-corrected chi connectivity index (χ4v) is 2.80. The van der Waals surface area contributed by atoms with Crippen molar-refractivity contribution in [2.45, 2.75) is 64.0 Å². The molecule has 7 heteroatoms. The Balaban J connectivity index is 0.00000176. The zero-order valence-corrected chi connectivity index (χ0v) is 15.7. The number of hydrogen-bond donors (Lipinski definition) is 2. The summed E-state index contributed by atoms with van der Waals surface area (Å²) in [5.41, 5.74) is 0. The lowest BCUT2D eigenvalue weighted by Gasteiger charge is -2.11. The molecule has 0 atom stereocenters. The second-order valence-corrected chi connectivity index (χ2v) is 6.02. The Morgan fingerprint density at radius 1 is 1.27 bits per heavy atom. The van der Waals surface area contributed by atoms with Crippen molar-refractivity contribution in [2.24, 2.45) is 4.99 Å². The van der Waals surface area contributed by atoms with Crippen LogP contribution >= 0.6 is 24.0 Å². The average Bonchev–Trinajstić information content (AvgIpc) is 3.28. The maximum Gasteiger partial charge on any atom is 0.191 e. The highest BCUT2D eigenvalue weighted by Gasteiger charge is 2.22. The number of aliphatic imine (C=N–C) groups is 1. The quantitative estimate of drug-likeness (QED) is 0.332. The van der Waals surface area contributed by atoms with Crippen LogP contribution < -0.4 is 10.6 Å². The second-order valence-electron chi connectivity index (χ2n) is 6.02. The smallest absolute Gasteiger partial charge is 0.191 e. The standard InChI is InChI=1S/C15H26N6.HI/c1-16-15(18-12-8-9-12)17-10-5-7-14-20-19-13-6-3-2-4-11-21(13)14;/h12H,2-11H2,1H3,(H2,16,17,18);1H. The normalized spacial score (nSPS) is 18.1. The van der Waals surface area contributed by atoms with Crippen molar-refractivity contribution >= 4 is 29.9 Å². The molecule has 22 heavy (non-hydrogen) atoms. The number of nitrogens with one attached hydrogen (secondary N) is 2. The van der Waals surface area contributed by atoms with Crippen LogP contribution in [0, 0.1) is 0 Å². The van der Waals surface area contributed by atoms with Crippen LogP contribution in [-0.4, -0.2) is 40.4 Å². The van der Waals surface area contributed by atoms with E-state index < -0.39 is 0 Å². The van der Waals surface area contributed by atoms with E-state index in [1.165, 1.54) is 37.9 Å². The summed E-state index contributed by atoms with van der Waals surface area (Å²) >= 11 is 0. The first-order valence-corrected chi connectivity index (χ1v) is 8.25. The van der Waals surface area contributed by atoms with Gasteiger partial charge in [-0.2, -0.15) is 0 Å². The topological polar surface area (TPSA) is 67.1 Å². The van der Waals surface area contributed by atoms with Gasteiger partial charge >= 0.3 is 0 Å². The van der Waals surface area contributed by atoms with Crippen LogP contribution in [0.4, 0.5) is 0 Å². The van der Waals surface area contributed by atoms with Gasteiger partial charge in [-0.05, 0) is 32.1 Å². The first-order chi connectivity index (χ1) is 10.4. The summed E-state index contributed by atoms with van der Waals surface area (Å²) in [6, 6.07) is 0.642. The molecule has 1 saturated carbocycles. The molecule has 0 saturated heterocycles. The van der Waals surface area contributed by atoms with Gasteiger partial charge in [0.2, 0.25) is 0 Å². The highest BCUT2D eigenvalue weighted by molar-refractivity contribution is 14.0. The molecule has 124 valence electrons. The molecule has 0 spiro atoms. The van der Waals surface area contributed by atoms with Gasteiger partial charge in [-0.3, -0.25) is 4.99 Å². The van der Waals surface area contributed by atoms with Gasteiger partial charge in [0, 0.05) is 39.0 Å². The van der Waals surface area contributed by atoms with E-state index in [0.29, 0.717) is 6.04 Å². The molecule has 0 bridgehead atoms. The minimum Gasteiger partial charge on any atom is -0.356 e. The highest BCUT2D eigenvalue weighted by Crippen LogP contribution is 2.18. The first-order valence-electron chi connectivity index (χ1n) is 8.25. The van der Waals surface area contributed by atoms with E-state index in [-0.39, 0.29) is 24.0 Å². The molecule has 2 N–H and O–H groups in total. The Morgan fingerprint density at radius 2 is 2.14 bits per heavy atom. The molecule has 1 fully saturated rings. The second kappa shape index (κ2) is 8.69. The third kappa shape index (κ3) is 4.82. The number of halogens is 1. The van der Waals surface area contributed by atoms with Crippen molar-refractivity contribution < 1.29 is 0 Å². The van der Waals surface area contributed by atoms with E-state index in [2.05, 4.69) is 30.4 Å². The van der Waals surface area contributed by atoms with E-state index in [9.17, 15) is 0 Å². The van der Waals surface area contributed by atoms with Crippen molar-refractivity contribution in [1.82, 2.24) is 25.4 Å². The van der Waals surface area contributed by atoms with Crippen LogP contribution in [0.1, 0.15) is 50.2 Å². The van der Waals surface area contributed by atoms with Gasteiger partial charge in [0.1, 0.15) is 11.6 Å². The van der Waals surface area contributed by atoms with Gasteiger partial charge in [-0.15, -0.1) is 34.2 Å². The lowest BCUT2D eigenvalue weighted by molar-refractivity contribution is 0.594. The maximum absolute atomic E-state index is 4.37. The zero-order chi connectivity index (χ0) is 14.5. The summed E-state index contributed by atoms with van der Waals surface area (Å²) in [5.74, 6) is 3.26. The van der Waals surface area contributed by atoms with E-state index in [1.54, 1.807) is 0 Å². The summed E-state index contributed by atoms with van der Waals surface area (Å²) in [7, 11) is 1.83. The van der Waals surface area contributed by atoms with Gasteiger partial charge in [0.25, 0.3) is 0 Å². The Hall–Kier alpha value is -0.860. The number of aromatic nitrogens is 3. The first kappa shape index (κ1) is 17.5. The van der Waals surface area contributed by atoms with Crippen molar-refractivity contribution in [3.8, 4) is 0 Å². The van der Waals surface area contributed by atoms with Crippen LogP contribution in [0.25, 0.3) is 0 Å². The van der Waals surface area contributed by atoms with Crippen molar-refractivity contribution in [1.29, 1.82) is 0 Å². The zero-order valence-electron chi connectivity index (χ0n) is 13.3. The van der Waals surface area contributed by atoms with Crippen LogP contribution in [-0.2, 0) is 19.4 Å².